The minimum absolute atomic E-state index is 0.0306. The Morgan fingerprint density at radius 1 is 1.39 bits per heavy atom. The van der Waals surface area contributed by atoms with Gasteiger partial charge in [-0.25, -0.2) is 4.79 Å². The molecule has 7 heteroatoms. The molecule has 0 aromatic heterocycles. The van der Waals surface area contributed by atoms with Gasteiger partial charge >= 0.3 is 12.1 Å². The van der Waals surface area contributed by atoms with E-state index in [9.17, 15) is 18.0 Å². The normalized spacial score (nSPS) is 13.1. The van der Waals surface area contributed by atoms with Crippen molar-refractivity contribution in [1.29, 1.82) is 0 Å². The second-order valence-corrected chi connectivity index (χ2v) is 3.52. The first-order valence-electron chi connectivity index (χ1n) is 5.01. The summed E-state index contributed by atoms with van der Waals surface area (Å²) in [5, 5.41) is 11.4. The fraction of sp³-hybridized carbons (Fsp3) is 0.364. The Kier molecular flexibility index (Phi) is 4.55. The number of alkyl halides is 3. The van der Waals surface area contributed by atoms with Crippen LogP contribution in [0.1, 0.15) is 5.56 Å². The third-order valence-electron chi connectivity index (χ3n) is 2.26. The van der Waals surface area contributed by atoms with Crippen molar-refractivity contribution >= 4 is 11.7 Å². The number of carboxylic acid groups (broad SMARTS) is 1. The zero-order chi connectivity index (χ0) is 13.8. The molecule has 1 atom stereocenters. The fourth-order valence-electron chi connectivity index (χ4n) is 1.26. The highest BCUT2D eigenvalue weighted by Gasteiger charge is 2.29. The maximum Gasteiger partial charge on any atom is 0.416 e. The van der Waals surface area contributed by atoms with Crippen molar-refractivity contribution in [2.24, 2.45) is 0 Å². The summed E-state index contributed by atoms with van der Waals surface area (Å²) in [6.45, 7) is -0.0306. The van der Waals surface area contributed by atoms with Gasteiger partial charge in [0.1, 0.15) is 0 Å². The molecule has 1 unspecified atom stereocenters. The largest absolute Gasteiger partial charge is 0.479 e. The van der Waals surface area contributed by atoms with Crippen LogP contribution in [0.3, 0.4) is 0 Å². The monoisotopic (exact) mass is 263 g/mol. The molecule has 2 N–H and O–H groups in total. The summed E-state index contributed by atoms with van der Waals surface area (Å²) < 4.78 is 41.5. The lowest BCUT2D eigenvalue weighted by molar-refractivity contribution is -0.147. The second kappa shape index (κ2) is 5.72. The van der Waals surface area contributed by atoms with Gasteiger partial charge in [0.05, 0.1) is 12.1 Å². The van der Waals surface area contributed by atoms with Crippen molar-refractivity contribution in [2.75, 3.05) is 19.0 Å². The summed E-state index contributed by atoms with van der Waals surface area (Å²) in [6, 6.07) is 4.31. The number of benzene rings is 1. The van der Waals surface area contributed by atoms with Gasteiger partial charge in [-0.1, -0.05) is 0 Å². The van der Waals surface area contributed by atoms with Gasteiger partial charge < -0.3 is 15.2 Å². The summed E-state index contributed by atoms with van der Waals surface area (Å²) in [4.78, 5) is 10.6. The van der Waals surface area contributed by atoms with Crippen LogP contribution in [0.15, 0.2) is 24.3 Å². The van der Waals surface area contributed by atoms with Gasteiger partial charge in [-0.2, -0.15) is 13.2 Å². The number of hydrogen-bond acceptors (Lipinski definition) is 3. The van der Waals surface area contributed by atoms with Gasteiger partial charge in [-0.3, -0.25) is 0 Å². The molecule has 1 aromatic carbocycles. The second-order valence-electron chi connectivity index (χ2n) is 3.52. The Morgan fingerprint density at radius 3 is 2.33 bits per heavy atom. The molecule has 0 aliphatic rings. The Bertz CT molecular complexity index is 403. The standard InChI is InChI=1S/C11H12F3NO3/c1-18-9(10(16)17)6-15-8-4-2-7(3-5-8)11(12,13)14/h2-5,9,15H,6H2,1H3,(H,16,17). The van der Waals surface area contributed by atoms with E-state index in [4.69, 9.17) is 5.11 Å². The zero-order valence-electron chi connectivity index (χ0n) is 9.49. The highest BCUT2D eigenvalue weighted by Crippen LogP contribution is 2.29. The summed E-state index contributed by atoms with van der Waals surface area (Å²) in [5.41, 5.74) is -0.360. The Hall–Kier alpha value is -1.76. The Labute approximate surface area is 101 Å². The van der Waals surface area contributed by atoms with E-state index in [1.165, 1.54) is 19.2 Å². The van der Waals surface area contributed by atoms with E-state index >= 15 is 0 Å². The number of halogens is 3. The maximum absolute atomic E-state index is 12.3. The number of carbonyl (C=O) groups is 1. The summed E-state index contributed by atoms with van der Waals surface area (Å²) in [5.74, 6) is -1.14. The molecule has 1 rings (SSSR count). The van der Waals surface area contributed by atoms with Crippen molar-refractivity contribution in [1.82, 2.24) is 0 Å². The lowest BCUT2D eigenvalue weighted by Crippen LogP contribution is -2.30. The number of carboxylic acids is 1. The summed E-state index contributed by atoms with van der Waals surface area (Å²) in [7, 11) is 1.24. The number of anilines is 1. The first-order valence-corrected chi connectivity index (χ1v) is 5.01. The lowest BCUT2D eigenvalue weighted by atomic mass is 10.2. The molecular formula is C11H12F3NO3. The predicted octanol–water partition coefficient (Wildman–Crippen LogP) is 2.22. The fourth-order valence-corrected chi connectivity index (χ4v) is 1.26. The van der Waals surface area contributed by atoms with E-state index in [0.29, 0.717) is 5.69 Å². The van der Waals surface area contributed by atoms with E-state index in [1.807, 2.05) is 0 Å². The molecule has 1 aromatic rings. The van der Waals surface area contributed by atoms with Gasteiger partial charge in [0.2, 0.25) is 0 Å². The first kappa shape index (κ1) is 14.3. The lowest BCUT2D eigenvalue weighted by Gasteiger charge is -2.13. The minimum Gasteiger partial charge on any atom is -0.479 e. The molecule has 18 heavy (non-hydrogen) atoms. The molecular weight excluding hydrogens is 251 g/mol. The van der Waals surface area contributed by atoms with Crippen molar-refractivity contribution < 1.29 is 27.8 Å². The van der Waals surface area contributed by atoms with Crippen LogP contribution in [0.2, 0.25) is 0 Å². The Morgan fingerprint density at radius 2 is 1.94 bits per heavy atom. The molecule has 0 heterocycles. The smallest absolute Gasteiger partial charge is 0.416 e. The summed E-state index contributed by atoms with van der Waals surface area (Å²) >= 11 is 0. The van der Waals surface area contributed by atoms with Crippen LogP contribution in [0, 0.1) is 0 Å². The quantitative estimate of drug-likeness (QED) is 0.855. The van der Waals surface area contributed by atoms with Crippen molar-refractivity contribution in [3.63, 3.8) is 0 Å². The molecule has 0 radical (unpaired) electrons. The minimum atomic E-state index is -4.38. The van der Waals surface area contributed by atoms with Gasteiger partial charge in [0.15, 0.2) is 6.10 Å². The molecule has 100 valence electrons. The SMILES string of the molecule is COC(CNc1ccc(C(F)(F)F)cc1)C(=O)O. The van der Waals surface area contributed by atoms with Crippen LogP contribution in [0.5, 0.6) is 0 Å². The van der Waals surface area contributed by atoms with Crippen molar-refractivity contribution in [3.05, 3.63) is 29.8 Å². The van der Waals surface area contributed by atoms with E-state index in [-0.39, 0.29) is 6.54 Å². The summed E-state index contributed by atoms with van der Waals surface area (Å²) in [6.07, 6.45) is -5.43. The average molecular weight is 263 g/mol. The number of ether oxygens (including phenoxy) is 1. The van der Waals surface area contributed by atoms with Gasteiger partial charge in [0.25, 0.3) is 0 Å². The van der Waals surface area contributed by atoms with Crippen LogP contribution >= 0.6 is 0 Å². The number of aliphatic carboxylic acids is 1. The molecule has 0 bridgehead atoms. The molecule has 0 aliphatic heterocycles. The number of methoxy groups -OCH3 is 1. The molecule has 0 fully saturated rings. The first-order chi connectivity index (χ1) is 8.34. The predicted molar refractivity (Wildman–Crippen MR) is 58.4 cm³/mol. The van der Waals surface area contributed by atoms with Gasteiger partial charge in [0, 0.05) is 12.8 Å². The van der Waals surface area contributed by atoms with Crippen molar-refractivity contribution in [2.45, 2.75) is 12.3 Å². The molecule has 0 aliphatic carbocycles. The van der Waals surface area contributed by atoms with Crippen LogP contribution in [-0.4, -0.2) is 30.8 Å². The van der Waals surface area contributed by atoms with Crippen LogP contribution in [0.25, 0.3) is 0 Å². The highest BCUT2D eigenvalue weighted by molar-refractivity contribution is 5.73. The highest BCUT2D eigenvalue weighted by atomic mass is 19.4. The van der Waals surface area contributed by atoms with Crippen LogP contribution in [0.4, 0.5) is 18.9 Å². The van der Waals surface area contributed by atoms with E-state index < -0.39 is 23.8 Å². The van der Waals surface area contributed by atoms with Gasteiger partial charge in [-0.05, 0) is 24.3 Å². The third kappa shape index (κ3) is 3.92. The maximum atomic E-state index is 12.3. The number of hydrogen-bond donors (Lipinski definition) is 2. The van der Waals surface area contributed by atoms with Crippen LogP contribution in [-0.2, 0) is 15.7 Å². The molecule has 0 spiro atoms. The average Bonchev–Trinajstić information content (AvgIpc) is 2.29. The molecule has 0 saturated carbocycles. The molecule has 0 amide bonds. The molecule has 0 saturated heterocycles. The third-order valence-corrected chi connectivity index (χ3v) is 2.26. The number of nitrogens with one attached hydrogen (secondary N) is 1. The molecule has 4 nitrogen and oxygen atoms in total. The zero-order valence-corrected chi connectivity index (χ0v) is 9.49. The van der Waals surface area contributed by atoms with Crippen molar-refractivity contribution in [3.8, 4) is 0 Å². The Balaban J connectivity index is 2.62. The van der Waals surface area contributed by atoms with Gasteiger partial charge in [-0.15, -0.1) is 0 Å². The van der Waals surface area contributed by atoms with E-state index in [1.54, 1.807) is 0 Å². The topological polar surface area (TPSA) is 58.6 Å². The van der Waals surface area contributed by atoms with E-state index in [0.717, 1.165) is 12.1 Å². The number of rotatable bonds is 5. The van der Waals surface area contributed by atoms with Crippen LogP contribution < -0.4 is 5.32 Å². The van der Waals surface area contributed by atoms with E-state index in [2.05, 4.69) is 10.1 Å².